The second-order valence-electron chi connectivity index (χ2n) is 6.63. The molecule has 1 atom stereocenters. The summed E-state index contributed by atoms with van der Waals surface area (Å²) in [5.41, 5.74) is -0.852. The predicted molar refractivity (Wildman–Crippen MR) is 91.6 cm³/mol. The lowest BCUT2D eigenvalue weighted by molar-refractivity contribution is -0.123. The van der Waals surface area contributed by atoms with Crippen LogP contribution in [0.25, 0.3) is 0 Å². The van der Waals surface area contributed by atoms with Crippen LogP contribution in [0.15, 0.2) is 29.2 Å². The van der Waals surface area contributed by atoms with Crippen molar-refractivity contribution in [1.29, 1.82) is 0 Å². The summed E-state index contributed by atoms with van der Waals surface area (Å²) in [5, 5.41) is 0. The van der Waals surface area contributed by atoms with Crippen LogP contribution in [0.3, 0.4) is 0 Å². The van der Waals surface area contributed by atoms with Gasteiger partial charge in [-0.3, -0.25) is 4.79 Å². The number of benzene rings is 1. The molecule has 1 fully saturated rings. The number of anilines is 1. The maximum absolute atomic E-state index is 12.3. The molecule has 0 spiro atoms. The number of carbonyl (C=O) groups excluding carboxylic acids is 1. The zero-order valence-electron chi connectivity index (χ0n) is 14.1. The topological polar surface area (TPSA) is 101 Å². The first-order valence-electron chi connectivity index (χ1n) is 7.60. The Morgan fingerprint density at radius 1 is 1.25 bits per heavy atom. The second-order valence-corrected chi connectivity index (χ2v) is 10.2. The predicted octanol–water partition coefficient (Wildman–Crippen LogP) is 1.47. The smallest absolute Gasteiger partial charge is 0.247 e. The quantitative estimate of drug-likeness (QED) is 0.841. The van der Waals surface area contributed by atoms with Crippen molar-refractivity contribution in [2.45, 2.75) is 45.1 Å². The van der Waals surface area contributed by atoms with Crippen LogP contribution >= 0.6 is 0 Å². The van der Waals surface area contributed by atoms with Gasteiger partial charge in [0.15, 0.2) is 0 Å². The van der Waals surface area contributed by atoms with E-state index in [0.717, 1.165) is 4.31 Å². The van der Waals surface area contributed by atoms with Crippen molar-refractivity contribution in [2.75, 3.05) is 10.1 Å². The lowest BCUT2D eigenvalue weighted by Crippen LogP contribution is -2.33. The number of carbonyl (C=O) groups is 1. The normalized spacial score (nSPS) is 21.0. The summed E-state index contributed by atoms with van der Waals surface area (Å²) in [6.45, 7) is 6.76. The highest BCUT2D eigenvalue weighted by Crippen LogP contribution is 2.35. The summed E-state index contributed by atoms with van der Waals surface area (Å²) < 4.78 is 52.2. The average Bonchev–Trinajstić information content (AvgIpc) is 2.62. The molecule has 134 valence electrons. The number of hydrogen-bond donors (Lipinski definition) is 1. The Kier molecular flexibility index (Phi) is 4.82. The monoisotopic (exact) mass is 374 g/mol. The molecule has 0 aliphatic carbocycles. The molecule has 1 aromatic rings. The van der Waals surface area contributed by atoms with Crippen molar-refractivity contribution in [3.8, 4) is 0 Å². The number of hydrogen-bond acceptors (Lipinski definition) is 5. The number of nitrogens with one attached hydrogen (secondary N) is 1. The highest BCUT2D eigenvalue weighted by Gasteiger charge is 2.49. The van der Waals surface area contributed by atoms with Crippen LogP contribution in [0.5, 0.6) is 0 Å². The molecule has 1 unspecified atom stereocenters. The van der Waals surface area contributed by atoms with Crippen LogP contribution in [0.2, 0.25) is 0 Å². The summed E-state index contributed by atoms with van der Waals surface area (Å²) in [5.74, 6) is -0.787. The van der Waals surface area contributed by atoms with E-state index < -0.39 is 31.4 Å². The third-order valence-electron chi connectivity index (χ3n) is 3.94. The van der Waals surface area contributed by atoms with E-state index >= 15 is 0 Å². The van der Waals surface area contributed by atoms with Crippen LogP contribution < -0.4 is 9.03 Å². The van der Waals surface area contributed by atoms with E-state index in [9.17, 15) is 21.6 Å². The van der Waals surface area contributed by atoms with Crippen LogP contribution in [0.4, 0.5) is 5.69 Å². The van der Waals surface area contributed by atoms with Crippen molar-refractivity contribution in [3.05, 3.63) is 24.3 Å². The Labute approximate surface area is 143 Å². The van der Waals surface area contributed by atoms with E-state index in [2.05, 4.69) is 4.72 Å². The van der Waals surface area contributed by atoms with E-state index in [1.165, 1.54) is 24.3 Å². The Hall–Kier alpha value is -1.45. The van der Waals surface area contributed by atoms with E-state index in [0.29, 0.717) is 6.42 Å². The summed E-state index contributed by atoms with van der Waals surface area (Å²) in [6, 6.07) is 5.06. The van der Waals surface area contributed by atoms with Gasteiger partial charge in [-0.2, -0.15) is 0 Å². The maximum atomic E-state index is 12.3. The minimum atomic E-state index is -3.75. The Morgan fingerprint density at radius 3 is 2.21 bits per heavy atom. The van der Waals surface area contributed by atoms with Gasteiger partial charge in [0, 0.05) is 6.04 Å². The van der Waals surface area contributed by atoms with Crippen LogP contribution in [0.1, 0.15) is 34.1 Å². The minimum Gasteiger partial charge on any atom is -0.273 e. The minimum absolute atomic E-state index is 0.0230. The molecule has 0 aromatic heterocycles. The first-order chi connectivity index (χ1) is 10.9. The molecule has 1 amide bonds. The largest absolute Gasteiger partial charge is 0.273 e. The lowest BCUT2D eigenvalue weighted by Gasteiger charge is -2.18. The third kappa shape index (κ3) is 3.47. The molecule has 0 saturated carbocycles. The highest BCUT2D eigenvalue weighted by atomic mass is 32.2. The van der Waals surface area contributed by atoms with Crippen LogP contribution in [-0.2, 0) is 24.8 Å². The molecule has 0 bridgehead atoms. The summed E-state index contributed by atoms with van der Waals surface area (Å²) >= 11 is 0. The SMILES string of the molecule is CCC(C)NS(=O)(=O)c1ccc(N2C(=O)C(C)(C)CS2(=O)=O)cc1. The van der Waals surface area contributed by atoms with Gasteiger partial charge in [0.05, 0.1) is 21.8 Å². The van der Waals surface area contributed by atoms with Gasteiger partial charge in [-0.1, -0.05) is 6.92 Å². The van der Waals surface area contributed by atoms with Gasteiger partial charge < -0.3 is 0 Å². The van der Waals surface area contributed by atoms with E-state index in [-0.39, 0.29) is 22.4 Å². The number of amides is 1. The number of nitrogens with zero attached hydrogens (tertiary/aromatic N) is 1. The van der Waals surface area contributed by atoms with Crippen molar-refractivity contribution < 1.29 is 21.6 Å². The molecule has 1 aromatic carbocycles. The summed E-state index contributed by atoms with van der Waals surface area (Å²) in [4.78, 5) is 12.3. The summed E-state index contributed by atoms with van der Waals surface area (Å²) in [6.07, 6.45) is 0.646. The molecular weight excluding hydrogens is 352 g/mol. The first kappa shape index (κ1) is 18.9. The fourth-order valence-corrected chi connectivity index (χ4v) is 5.87. The van der Waals surface area contributed by atoms with Crippen LogP contribution in [-0.4, -0.2) is 34.5 Å². The van der Waals surface area contributed by atoms with Gasteiger partial charge in [-0.05, 0) is 51.5 Å². The fraction of sp³-hybridized carbons (Fsp3) is 0.533. The first-order valence-corrected chi connectivity index (χ1v) is 10.7. The van der Waals surface area contributed by atoms with Gasteiger partial charge in [0.2, 0.25) is 26.0 Å². The van der Waals surface area contributed by atoms with Crippen molar-refractivity contribution in [3.63, 3.8) is 0 Å². The van der Waals surface area contributed by atoms with Crippen molar-refractivity contribution in [2.24, 2.45) is 5.41 Å². The summed E-state index contributed by atoms with van der Waals surface area (Å²) in [7, 11) is -7.43. The molecule has 9 heteroatoms. The van der Waals surface area contributed by atoms with Crippen LogP contribution in [0, 0.1) is 5.41 Å². The van der Waals surface area contributed by atoms with Gasteiger partial charge in [0.25, 0.3) is 0 Å². The Balaban J connectivity index is 2.35. The third-order valence-corrected chi connectivity index (χ3v) is 7.56. The molecule has 7 nitrogen and oxygen atoms in total. The molecule has 1 N–H and O–H groups in total. The van der Waals surface area contributed by atoms with Gasteiger partial charge in [-0.15, -0.1) is 0 Å². The fourth-order valence-electron chi connectivity index (χ4n) is 2.44. The molecule has 1 aliphatic heterocycles. The highest BCUT2D eigenvalue weighted by molar-refractivity contribution is 7.94. The van der Waals surface area contributed by atoms with Gasteiger partial charge in [-0.25, -0.2) is 25.9 Å². The van der Waals surface area contributed by atoms with E-state index in [1.54, 1.807) is 20.8 Å². The molecular formula is C15H22N2O5S2. The molecule has 1 heterocycles. The number of rotatable bonds is 5. The molecule has 24 heavy (non-hydrogen) atoms. The van der Waals surface area contributed by atoms with E-state index in [1.807, 2.05) is 6.92 Å². The Bertz CT molecular complexity index is 842. The molecule has 0 radical (unpaired) electrons. The molecule has 1 saturated heterocycles. The maximum Gasteiger partial charge on any atom is 0.247 e. The Morgan fingerprint density at radius 2 is 1.79 bits per heavy atom. The zero-order valence-corrected chi connectivity index (χ0v) is 15.7. The standard InChI is InChI=1S/C15H22N2O5S2/c1-5-11(2)16-24(21,22)13-8-6-12(7-9-13)17-14(18)15(3,4)10-23(17,19)20/h6-9,11,16H,5,10H2,1-4H3. The van der Waals surface area contributed by atoms with Gasteiger partial charge >= 0.3 is 0 Å². The van der Waals surface area contributed by atoms with Crippen molar-refractivity contribution in [1.82, 2.24) is 4.72 Å². The molecule has 1 aliphatic rings. The zero-order chi connectivity index (χ0) is 18.3. The molecule has 2 rings (SSSR count). The average molecular weight is 374 g/mol. The number of sulfonamides is 2. The van der Waals surface area contributed by atoms with Crippen molar-refractivity contribution >= 4 is 31.6 Å². The van der Waals surface area contributed by atoms with E-state index in [4.69, 9.17) is 0 Å². The van der Waals surface area contributed by atoms with Gasteiger partial charge in [0.1, 0.15) is 0 Å². The lowest BCUT2D eigenvalue weighted by atomic mass is 9.95. The second kappa shape index (κ2) is 6.12.